The molecule has 1 aliphatic rings. The van der Waals surface area contributed by atoms with E-state index >= 15 is 0 Å². The number of rotatable bonds is 6. The lowest BCUT2D eigenvalue weighted by Crippen LogP contribution is -2.30. The van der Waals surface area contributed by atoms with Crippen LogP contribution in [0.5, 0.6) is 17.2 Å². The van der Waals surface area contributed by atoms with Crippen molar-refractivity contribution < 1.29 is 28.9 Å². The lowest BCUT2D eigenvalue weighted by atomic mass is 9.94. The number of aryl methyl sites for hydroxylation is 1. The average Bonchev–Trinajstić information content (AvgIpc) is 3.15. The van der Waals surface area contributed by atoms with E-state index in [2.05, 4.69) is 0 Å². The monoisotopic (exact) mass is 473 g/mol. The molecule has 1 saturated heterocycles. The molecular formula is C28H27NO6. The summed E-state index contributed by atoms with van der Waals surface area (Å²) in [5, 5.41) is 11.4. The van der Waals surface area contributed by atoms with Gasteiger partial charge in [0.05, 0.1) is 38.5 Å². The molecule has 1 unspecified atom stereocenters. The number of aliphatic hydroxyl groups excluding tert-OH is 1. The molecule has 1 aliphatic heterocycles. The van der Waals surface area contributed by atoms with Crippen molar-refractivity contribution >= 4 is 23.1 Å². The van der Waals surface area contributed by atoms with Gasteiger partial charge in [-0.15, -0.1) is 0 Å². The number of hydrogen-bond donors (Lipinski definition) is 1. The number of nitrogens with zero attached hydrogens (tertiary/aromatic N) is 1. The molecule has 1 amide bonds. The van der Waals surface area contributed by atoms with Gasteiger partial charge in [-0.1, -0.05) is 24.3 Å². The molecule has 1 atom stereocenters. The Labute approximate surface area is 204 Å². The minimum Gasteiger partial charge on any atom is -0.507 e. The van der Waals surface area contributed by atoms with Crippen LogP contribution in [0, 0.1) is 13.8 Å². The van der Waals surface area contributed by atoms with Gasteiger partial charge in [0.25, 0.3) is 11.7 Å². The second-order valence-electron chi connectivity index (χ2n) is 8.23. The standard InChI is InChI=1S/C28H27NO6/c1-16-7-6-8-22(17(16)2)29-25(18-9-11-19(33-3)12-10-18)24(27(31)28(29)32)26(30)21-14-13-20(34-4)15-23(21)35-5/h6-15,25,30H,1-5H3/b26-24+. The van der Waals surface area contributed by atoms with Crippen LogP contribution in [0.2, 0.25) is 0 Å². The van der Waals surface area contributed by atoms with E-state index in [9.17, 15) is 14.7 Å². The van der Waals surface area contributed by atoms with E-state index in [4.69, 9.17) is 14.2 Å². The van der Waals surface area contributed by atoms with Crippen molar-refractivity contribution in [3.05, 3.63) is 88.5 Å². The third-order valence-electron chi connectivity index (χ3n) is 6.38. The highest BCUT2D eigenvalue weighted by Gasteiger charge is 2.47. The molecule has 3 aromatic rings. The Hall–Kier alpha value is -4.26. The van der Waals surface area contributed by atoms with Crippen LogP contribution >= 0.6 is 0 Å². The van der Waals surface area contributed by atoms with E-state index in [1.807, 2.05) is 26.0 Å². The van der Waals surface area contributed by atoms with E-state index < -0.39 is 17.7 Å². The Morgan fingerprint density at radius 2 is 1.51 bits per heavy atom. The fourth-order valence-electron chi connectivity index (χ4n) is 4.32. The van der Waals surface area contributed by atoms with Crippen LogP contribution in [0.1, 0.15) is 28.3 Å². The molecule has 4 rings (SSSR count). The normalized spacial score (nSPS) is 16.9. The second kappa shape index (κ2) is 9.54. The molecule has 0 bridgehead atoms. The van der Waals surface area contributed by atoms with Crippen LogP contribution < -0.4 is 19.1 Å². The highest BCUT2D eigenvalue weighted by atomic mass is 16.5. The fraction of sp³-hybridized carbons (Fsp3) is 0.214. The molecule has 0 radical (unpaired) electrons. The number of anilines is 1. The highest BCUT2D eigenvalue weighted by molar-refractivity contribution is 6.51. The first kappa shape index (κ1) is 23.9. The predicted molar refractivity (Wildman–Crippen MR) is 133 cm³/mol. The minimum absolute atomic E-state index is 0.0236. The quantitative estimate of drug-likeness (QED) is 0.310. The third-order valence-corrected chi connectivity index (χ3v) is 6.38. The van der Waals surface area contributed by atoms with Crippen LogP contribution in [0.3, 0.4) is 0 Å². The number of ketones is 1. The molecule has 7 nitrogen and oxygen atoms in total. The maximum atomic E-state index is 13.4. The molecule has 1 N–H and O–H groups in total. The number of carbonyl (C=O) groups excluding carboxylic acids is 2. The molecule has 1 fully saturated rings. The first-order valence-electron chi connectivity index (χ1n) is 11.1. The number of benzene rings is 3. The van der Waals surface area contributed by atoms with Gasteiger partial charge in [-0.2, -0.15) is 0 Å². The number of Topliss-reactive ketones (excluding diaryl/α,β-unsaturated/α-hetero) is 1. The van der Waals surface area contributed by atoms with Crippen molar-refractivity contribution in [2.24, 2.45) is 0 Å². The Morgan fingerprint density at radius 3 is 2.14 bits per heavy atom. The number of amides is 1. The zero-order valence-electron chi connectivity index (χ0n) is 20.3. The SMILES string of the molecule is COc1ccc(C2/C(=C(\O)c3ccc(OC)cc3OC)C(=O)C(=O)N2c2cccc(C)c2C)cc1. The summed E-state index contributed by atoms with van der Waals surface area (Å²) in [5.74, 6) is -0.337. The maximum Gasteiger partial charge on any atom is 0.300 e. The average molecular weight is 474 g/mol. The number of hydrogen-bond acceptors (Lipinski definition) is 6. The van der Waals surface area contributed by atoms with E-state index in [1.54, 1.807) is 55.6 Å². The lowest BCUT2D eigenvalue weighted by molar-refractivity contribution is -0.132. The van der Waals surface area contributed by atoms with E-state index in [0.717, 1.165) is 11.1 Å². The van der Waals surface area contributed by atoms with Gasteiger partial charge >= 0.3 is 0 Å². The maximum absolute atomic E-state index is 13.4. The Morgan fingerprint density at radius 1 is 0.857 bits per heavy atom. The minimum atomic E-state index is -0.854. The summed E-state index contributed by atoms with van der Waals surface area (Å²) in [5.41, 5.74) is 3.37. The smallest absolute Gasteiger partial charge is 0.300 e. The van der Waals surface area contributed by atoms with Crippen molar-refractivity contribution in [3.63, 3.8) is 0 Å². The first-order chi connectivity index (χ1) is 16.8. The number of ether oxygens (including phenoxy) is 3. The van der Waals surface area contributed by atoms with Crippen LogP contribution in [0.4, 0.5) is 5.69 Å². The zero-order valence-corrected chi connectivity index (χ0v) is 20.3. The van der Waals surface area contributed by atoms with Gasteiger partial charge in [-0.05, 0) is 60.9 Å². The van der Waals surface area contributed by atoms with Gasteiger partial charge in [0.15, 0.2) is 0 Å². The predicted octanol–water partition coefficient (Wildman–Crippen LogP) is 4.96. The molecule has 0 aliphatic carbocycles. The van der Waals surface area contributed by atoms with Crippen LogP contribution in [-0.4, -0.2) is 38.1 Å². The molecule has 3 aromatic carbocycles. The zero-order chi connectivity index (χ0) is 25.3. The topological polar surface area (TPSA) is 85.3 Å². The Bertz CT molecular complexity index is 1330. The van der Waals surface area contributed by atoms with Crippen LogP contribution in [-0.2, 0) is 9.59 Å². The fourth-order valence-corrected chi connectivity index (χ4v) is 4.32. The second-order valence-corrected chi connectivity index (χ2v) is 8.23. The van der Waals surface area contributed by atoms with Crippen molar-refractivity contribution in [3.8, 4) is 17.2 Å². The summed E-state index contributed by atoms with van der Waals surface area (Å²) in [7, 11) is 4.54. The molecule has 0 aromatic heterocycles. The number of aliphatic hydroxyl groups is 1. The van der Waals surface area contributed by atoms with E-state index in [-0.39, 0.29) is 16.9 Å². The Kier molecular flexibility index (Phi) is 6.51. The number of methoxy groups -OCH3 is 3. The first-order valence-corrected chi connectivity index (χ1v) is 11.1. The summed E-state index contributed by atoms with van der Waals surface area (Å²) in [6.45, 7) is 3.85. The summed E-state index contributed by atoms with van der Waals surface area (Å²) in [4.78, 5) is 28.3. The van der Waals surface area contributed by atoms with Crippen molar-refractivity contribution in [2.45, 2.75) is 19.9 Å². The molecule has 35 heavy (non-hydrogen) atoms. The largest absolute Gasteiger partial charge is 0.507 e. The molecule has 0 saturated carbocycles. The van der Waals surface area contributed by atoms with Gasteiger partial charge < -0.3 is 19.3 Å². The van der Waals surface area contributed by atoms with Gasteiger partial charge in [0.1, 0.15) is 23.0 Å². The molecule has 0 spiro atoms. The van der Waals surface area contributed by atoms with Gasteiger partial charge in [-0.25, -0.2) is 0 Å². The van der Waals surface area contributed by atoms with Crippen molar-refractivity contribution in [2.75, 3.05) is 26.2 Å². The van der Waals surface area contributed by atoms with E-state index in [0.29, 0.717) is 28.5 Å². The summed E-state index contributed by atoms with van der Waals surface area (Å²) >= 11 is 0. The van der Waals surface area contributed by atoms with Crippen molar-refractivity contribution in [1.29, 1.82) is 0 Å². The van der Waals surface area contributed by atoms with Gasteiger partial charge in [0.2, 0.25) is 0 Å². The van der Waals surface area contributed by atoms with Crippen molar-refractivity contribution in [1.82, 2.24) is 0 Å². The lowest BCUT2D eigenvalue weighted by Gasteiger charge is -2.27. The van der Waals surface area contributed by atoms with Crippen LogP contribution in [0.25, 0.3) is 5.76 Å². The molecular weight excluding hydrogens is 446 g/mol. The molecule has 1 heterocycles. The highest BCUT2D eigenvalue weighted by Crippen LogP contribution is 2.45. The summed E-state index contributed by atoms with van der Waals surface area (Å²) in [6.07, 6.45) is 0. The molecule has 7 heteroatoms. The van der Waals surface area contributed by atoms with Gasteiger partial charge in [-0.3, -0.25) is 14.5 Å². The number of carbonyl (C=O) groups is 2. The summed E-state index contributed by atoms with van der Waals surface area (Å²) in [6, 6.07) is 16.7. The third kappa shape index (κ3) is 4.10. The van der Waals surface area contributed by atoms with E-state index in [1.165, 1.54) is 19.1 Å². The van der Waals surface area contributed by atoms with Crippen LogP contribution in [0.15, 0.2) is 66.2 Å². The van der Waals surface area contributed by atoms with Gasteiger partial charge in [0, 0.05) is 11.8 Å². The molecule has 180 valence electrons. The Balaban J connectivity index is 1.98. The summed E-state index contributed by atoms with van der Waals surface area (Å²) < 4.78 is 16.0.